The van der Waals surface area contributed by atoms with Crippen LogP contribution in [0, 0.1) is 0 Å². The lowest BCUT2D eigenvalue weighted by molar-refractivity contribution is 0.324. The molecule has 0 saturated heterocycles. The van der Waals surface area contributed by atoms with Crippen LogP contribution in [0.2, 0.25) is 5.02 Å². The van der Waals surface area contributed by atoms with E-state index in [0.29, 0.717) is 17.3 Å². The van der Waals surface area contributed by atoms with E-state index in [9.17, 15) is 8.42 Å². The van der Waals surface area contributed by atoms with Crippen molar-refractivity contribution >= 4 is 27.3 Å². The quantitative estimate of drug-likeness (QED) is 0.716. The number of hydrogen-bond acceptors (Lipinski definition) is 3. The van der Waals surface area contributed by atoms with Crippen LogP contribution in [0.4, 0.5) is 5.69 Å². The molecule has 2 aromatic carbocycles. The topological polar surface area (TPSA) is 40.6 Å². The maximum atomic E-state index is 12.1. The van der Waals surface area contributed by atoms with Gasteiger partial charge in [0.1, 0.15) is 0 Å². The van der Waals surface area contributed by atoms with Crippen LogP contribution in [0.25, 0.3) is 0 Å². The van der Waals surface area contributed by atoms with Gasteiger partial charge in [0.25, 0.3) is 0 Å². The highest BCUT2D eigenvalue weighted by atomic mass is 35.5. The van der Waals surface area contributed by atoms with E-state index in [4.69, 9.17) is 11.6 Å². The van der Waals surface area contributed by atoms with Gasteiger partial charge in [0.15, 0.2) is 0 Å². The zero-order chi connectivity index (χ0) is 17.6. The van der Waals surface area contributed by atoms with Crippen LogP contribution in [0.15, 0.2) is 54.6 Å². The minimum absolute atomic E-state index is 0.404. The third-order valence-electron chi connectivity index (χ3n) is 3.72. The fraction of sp³-hybridized carbons (Fsp3) is 0.333. The molecule has 0 bridgehead atoms. The molecule has 0 heterocycles. The molecule has 130 valence electrons. The van der Waals surface area contributed by atoms with Crippen molar-refractivity contribution in [2.24, 2.45) is 0 Å². The van der Waals surface area contributed by atoms with Crippen LogP contribution >= 0.6 is 11.6 Å². The lowest BCUT2D eigenvalue weighted by Gasteiger charge is -2.25. The van der Waals surface area contributed by atoms with Gasteiger partial charge in [0.05, 0.1) is 17.0 Å². The van der Waals surface area contributed by atoms with Crippen molar-refractivity contribution in [1.82, 2.24) is 4.90 Å². The van der Waals surface area contributed by atoms with Crippen molar-refractivity contribution in [2.75, 3.05) is 30.7 Å². The predicted molar refractivity (Wildman–Crippen MR) is 101 cm³/mol. The van der Waals surface area contributed by atoms with Gasteiger partial charge in [0, 0.05) is 13.1 Å². The first-order valence-electron chi connectivity index (χ1n) is 7.82. The minimum atomic E-state index is -3.37. The van der Waals surface area contributed by atoms with Crippen molar-refractivity contribution in [3.8, 4) is 0 Å². The molecule has 0 aliphatic carbocycles. The molecule has 0 atom stereocenters. The Labute approximate surface area is 149 Å². The number of hydrogen-bond donors (Lipinski definition) is 0. The van der Waals surface area contributed by atoms with E-state index in [1.807, 2.05) is 25.2 Å². The summed E-state index contributed by atoms with van der Waals surface area (Å²) in [5.41, 5.74) is 1.78. The summed E-state index contributed by atoms with van der Waals surface area (Å²) >= 11 is 6.16. The predicted octanol–water partition coefficient (Wildman–Crippen LogP) is 3.63. The third-order valence-corrected chi connectivity index (χ3v) is 5.22. The molecule has 0 radical (unpaired) electrons. The van der Waals surface area contributed by atoms with Gasteiger partial charge in [-0.2, -0.15) is 0 Å². The van der Waals surface area contributed by atoms with Gasteiger partial charge in [-0.3, -0.25) is 4.31 Å². The Morgan fingerprint density at radius 1 is 0.958 bits per heavy atom. The highest BCUT2D eigenvalue weighted by Crippen LogP contribution is 2.27. The molecule has 2 rings (SSSR count). The van der Waals surface area contributed by atoms with Gasteiger partial charge in [-0.15, -0.1) is 0 Å². The zero-order valence-corrected chi connectivity index (χ0v) is 15.6. The van der Waals surface area contributed by atoms with Crippen molar-refractivity contribution in [3.05, 3.63) is 65.2 Å². The average molecular weight is 367 g/mol. The van der Waals surface area contributed by atoms with E-state index < -0.39 is 10.0 Å². The summed E-state index contributed by atoms with van der Waals surface area (Å²) in [6.07, 6.45) is 1.94. The number of para-hydroxylation sites is 1. The molecule has 4 nitrogen and oxygen atoms in total. The average Bonchev–Trinajstić information content (AvgIpc) is 2.52. The fourth-order valence-electron chi connectivity index (χ4n) is 2.58. The first-order chi connectivity index (χ1) is 11.4. The molecule has 24 heavy (non-hydrogen) atoms. The Morgan fingerprint density at radius 2 is 1.58 bits per heavy atom. The molecule has 0 unspecified atom stereocenters. The summed E-state index contributed by atoms with van der Waals surface area (Å²) < 4.78 is 25.6. The van der Waals surface area contributed by atoms with Gasteiger partial charge in [0.2, 0.25) is 10.0 Å². The molecular weight excluding hydrogens is 344 g/mol. The van der Waals surface area contributed by atoms with Crippen LogP contribution < -0.4 is 4.31 Å². The van der Waals surface area contributed by atoms with E-state index in [-0.39, 0.29) is 0 Å². The molecule has 0 fully saturated rings. The molecule has 0 aliphatic heterocycles. The number of sulfonamides is 1. The van der Waals surface area contributed by atoms with Crippen molar-refractivity contribution < 1.29 is 8.42 Å². The second-order valence-corrected chi connectivity index (χ2v) is 8.18. The van der Waals surface area contributed by atoms with E-state index in [0.717, 1.165) is 19.5 Å². The molecule has 0 amide bonds. The summed E-state index contributed by atoms with van der Waals surface area (Å²) in [6.45, 7) is 2.04. The Bertz CT molecular complexity index is 751. The summed E-state index contributed by atoms with van der Waals surface area (Å²) in [4.78, 5) is 2.18. The fourth-order valence-corrected chi connectivity index (χ4v) is 3.84. The SMILES string of the molecule is CN(CCCN(c1ccccc1Cl)S(C)(=O)=O)Cc1ccccc1. The number of benzene rings is 2. The lowest BCUT2D eigenvalue weighted by Crippen LogP contribution is -2.33. The number of rotatable bonds is 8. The molecular formula is C18H23ClN2O2S. The van der Waals surface area contributed by atoms with Crippen LogP contribution in [0.1, 0.15) is 12.0 Å². The molecule has 0 aromatic heterocycles. The number of anilines is 1. The highest BCUT2D eigenvalue weighted by molar-refractivity contribution is 7.92. The Hall–Kier alpha value is -1.56. The van der Waals surface area contributed by atoms with Crippen molar-refractivity contribution in [1.29, 1.82) is 0 Å². The lowest BCUT2D eigenvalue weighted by atomic mass is 10.2. The standard InChI is InChI=1S/C18H23ClN2O2S/c1-20(15-16-9-4-3-5-10-16)13-8-14-21(24(2,22)23)18-12-7-6-11-17(18)19/h3-7,9-12H,8,13-15H2,1-2H3. The van der Waals surface area contributed by atoms with Gasteiger partial charge in [-0.1, -0.05) is 54.1 Å². The van der Waals surface area contributed by atoms with Crippen LogP contribution in [-0.2, 0) is 16.6 Å². The first-order valence-corrected chi connectivity index (χ1v) is 10.1. The maximum Gasteiger partial charge on any atom is 0.232 e. The van der Waals surface area contributed by atoms with Gasteiger partial charge >= 0.3 is 0 Å². The van der Waals surface area contributed by atoms with Crippen molar-refractivity contribution in [3.63, 3.8) is 0 Å². The van der Waals surface area contributed by atoms with Crippen LogP contribution in [-0.4, -0.2) is 39.7 Å². The Kier molecular flexibility index (Phi) is 6.66. The smallest absolute Gasteiger partial charge is 0.232 e. The largest absolute Gasteiger partial charge is 0.302 e. The summed E-state index contributed by atoms with van der Waals surface area (Å²) in [7, 11) is -1.33. The number of nitrogens with zero attached hydrogens (tertiary/aromatic N) is 2. The normalized spacial score (nSPS) is 11.7. The molecule has 0 saturated carbocycles. The highest BCUT2D eigenvalue weighted by Gasteiger charge is 2.19. The van der Waals surface area contributed by atoms with E-state index in [1.165, 1.54) is 16.1 Å². The molecule has 2 aromatic rings. The molecule has 0 spiro atoms. The van der Waals surface area contributed by atoms with Crippen molar-refractivity contribution in [2.45, 2.75) is 13.0 Å². The maximum absolute atomic E-state index is 12.1. The van der Waals surface area contributed by atoms with Gasteiger partial charge in [-0.25, -0.2) is 8.42 Å². The Balaban J connectivity index is 1.96. The minimum Gasteiger partial charge on any atom is -0.302 e. The summed E-state index contributed by atoms with van der Waals surface area (Å²) in [5, 5.41) is 0.445. The summed E-state index contributed by atoms with van der Waals surface area (Å²) in [6, 6.07) is 17.2. The Morgan fingerprint density at radius 3 is 2.21 bits per heavy atom. The van der Waals surface area contributed by atoms with E-state index >= 15 is 0 Å². The molecule has 6 heteroatoms. The molecule has 0 aliphatic rings. The van der Waals surface area contributed by atoms with Gasteiger partial charge in [-0.05, 0) is 37.7 Å². The monoisotopic (exact) mass is 366 g/mol. The number of halogens is 1. The first kappa shape index (κ1) is 18.8. The molecule has 0 N–H and O–H groups in total. The summed E-state index contributed by atoms with van der Waals surface area (Å²) in [5.74, 6) is 0. The van der Waals surface area contributed by atoms with Crippen LogP contribution in [0.3, 0.4) is 0 Å². The van der Waals surface area contributed by atoms with E-state index in [2.05, 4.69) is 17.0 Å². The van der Waals surface area contributed by atoms with Gasteiger partial charge < -0.3 is 4.90 Å². The second kappa shape index (κ2) is 8.51. The zero-order valence-electron chi connectivity index (χ0n) is 14.0. The third kappa shape index (κ3) is 5.51. The van der Waals surface area contributed by atoms with Crippen LogP contribution in [0.5, 0.6) is 0 Å². The second-order valence-electron chi connectivity index (χ2n) is 5.86. The van der Waals surface area contributed by atoms with E-state index in [1.54, 1.807) is 24.3 Å².